The van der Waals surface area contributed by atoms with Crippen molar-refractivity contribution < 1.29 is 27.5 Å². The third-order valence-electron chi connectivity index (χ3n) is 4.14. The molecule has 8 nitrogen and oxygen atoms in total. The molecule has 0 atom stereocenters. The minimum atomic E-state index is -4.13. The van der Waals surface area contributed by atoms with Crippen molar-refractivity contribution in [2.75, 3.05) is 4.72 Å². The number of aryl methyl sites for hydroxylation is 1. The number of benzene rings is 2. The first-order valence-electron chi connectivity index (χ1n) is 8.54. The number of furan rings is 1. The number of hydrogen-bond acceptors (Lipinski definition) is 5. The standard InChI is InChI=1S/C20H18N2O6S/c1-13-8-9-14(20(24)25)11-18(13)29(26,27)22-17-7-3-2-6-16(17)19(23)21-12-15-5-4-10-28-15/h2-11,22H,12H2,1H3,(H,21,23)(H,24,25). The van der Waals surface area contributed by atoms with Crippen LogP contribution in [0, 0.1) is 6.92 Å². The number of aromatic carboxylic acids is 1. The molecule has 3 rings (SSSR count). The molecule has 0 unspecified atom stereocenters. The van der Waals surface area contributed by atoms with E-state index in [1.165, 1.54) is 30.5 Å². The Morgan fingerprint density at radius 3 is 2.52 bits per heavy atom. The number of carbonyl (C=O) groups is 2. The van der Waals surface area contributed by atoms with E-state index in [0.717, 1.165) is 6.07 Å². The fraction of sp³-hybridized carbons (Fsp3) is 0.100. The number of carbonyl (C=O) groups excluding carboxylic acids is 1. The van der Waals surface area contributed by atoms with Gasteiger partial charge in [0.05, 0.1) is 34.5 Å². The summed E-state index contributed by atoms with van der Waals surface area (Å²) in [6.07, 6.45) is 1.48. The Kier molecular flexibility index (Phi) is 5.69. The molecule has 1 aromatic heterocycles. The van der Waals surface area contributed by atoms with Crippen molar-refractivity contribution in [1.82, 2.24) is 5.32 Å². The highest BCUT2D eigenvalue weighted by Crippen LogP contribution is 2.23. The monoisotopic (exact) mass is 414 g/mol. The van der Waals surface area contributed by atoms with E-state index in [2.05, 4.69) is 10.0 Å². The molecule has 150 valence electrons. The van der Waals surface area contributed by atoms with Gasteiger partial charge >= 0.3 is 5.97 Å². The van der Waals surface area contributed by atoms with E-state index in [-0.39, 0.29) is 28.3 Å². The Labute approximate surface area is 167 Å². The molecule has 0 aliphatic heterocycles. The molecular formula is C20H18N2O6S. The molecule has 0 bridgehead atoms. The van der Waals surface area contributed by atoms with Gasteiger partial charge in [-0.2, -0.15) is 0 Å². The topological polar surface area (TPSA) is 126 Å². The molecule has 0 spiro atoms. The van der Waals surface area contributed by atoms with Crippen LogP contribution in [0.25, 0.3) is 0 Å². The third kappa shape index (κ3) is 4.64. The van der Waals surface area contributed by atoms with E-state index in [4.69, 9.17) is 9.52 Å². The van der Waals surface area contributed by atoms with Gasteiger partial charge in [0.15, 0.2) is 0 Å². The van der Waals surface area contributed by atoms with Crippen LogP contribution in [0.3, 0.4) is 0 Å². The van der Waals surface area contributed by atoms with Crippen molar-refractivity contribution >= 4 is 27.6 Å². The van der Waals surface area contributed by atoms with Gasteiger partial charge < -0.3 is 14.8 Å². The summed E-state index contributed by atoms with van der Waals surface area (Å²) in [6.45, 7) is 1.70. The molecule has 1 amide bonds. The van der Waals surface area contributed by atoms with E-state index in [1.54, 1.807) is 31.2 Å². The smallest absolute Gasteiger partial charge is 0.335 e. The van der Waals surface area contributed by atoms with Crippen LogP contribution in [-0.2, 0) is 16.6 Å². The zero-order valence-corrected chi connectivity index (χ0v) is 16.2. The minimum Gasteiger partial charge on any atom is -0.478 e. The molecule has 0 fully saturated rings. The predicted octanol–water partition coefficient (Wildman–Crippen LogP) is 3.02. The first-order valence-corrected chi connectivity index (χ1v) is 10.0. The highest BCUT2D eigenvalue weighted by Gasteiger charge is 2.22. The maximum Gasteiger partial charge on any atom is 0.335 e. The number of sulfonamides is 1. The Balaban J connectivity index is 1.87. The molecule has 2 aromatic carbocycles. The Bertz CT molecular complexity index is 1150. The van der Waals surface area contributed by atoms with E-state index >= 15 is 0 Å². The maximum absolute atomic E-state index is 12.9. The van der Waals surface area contributed by atoms with Crippen LogP contribution < -0.4 is 10.0 Å². The molecule has 3 aromatic rings. The average Bonchev–Trinajstić information content (AvgIpc) is 3.20. The molecule has 0 saturated carbocycles. The van der Waals surface area contributed by atoms with Crippen molar-refractivity contribution in [2.45, 2.75) is 18.4 Å². The summed E-state index contributed by atoms with van der Waals surface area (Å²) in [4.78, 5) is 23.5. The first-order chi connectivity index (χ1) is 13.8. The van der Waals surface area contributed by atoms with Crippen molar-refractivity contribution in [3.05, 3.63) is 83.3 Å². The predicted molar refractivity (Wildman–Crippen MR) is 105 cm³/mol. The minimum absolute atomic E-state index is 0.0737. The van der Waals surface area contributed by atoms with Crippen LogP contribution in [0.2, 0.25) is 0 Å². The number of amides is 1. The second-order valence-electron chi connectivity index (χ2n) is 6.20. The van der Waals surface area contributed by atoms with Crippen molar-refractivity contribution in [3.63, 3.8) is 0 Å². The fourth-order valence-corrected chi connectivity index (χ4v) is 4.02. The second-order valence-corrected chi connectivity index (χ2v) is 7.85. The van der Waals surface area contributed by atoms with Gasteiger partial charge in [-0.05, 0) is 48.9 Å². The van der Waals surface area contributed by atoms with Gasteiger partial charge in [0, 0.05) is 0 Å². The Hall–Kier alpha value is -3.59. The molecule has 0 aliphatic rings. The third-order valence-corrected chi connectivity index (χ3v) is 5.65. The number of nitrogens with one attached hydrogen (secondary N) is 2. The van der Waals surface area contributed by atoms with Gasteiger partial charge in [-0.15, -0.1) is 0 Å². The van der Waals surface area contributed by atoms with Crippen LogP contribution in [0.5, 0.6) is 0 Å². The van der Waals surface area contributed by atoms with Crippen molar-refractivity contribution in [2.24, 2.45) is 0 Å². The van der Waals surface area contributed by atoms with Crippen LogP contribution in [-0.4, -0.2) is 25.4 Å². The first kappa shape index (κ1) is 20.2. The molecule has 9 heteroatoms. The quantitative estimate of drug-likeness (QED) is 0.546. The summed E-state index contributed by atoms with van der Waals surface area (Å²) in [7, 11) is -4.13. The summed E-state index contributed by atoms with van der Waals surface area (Å²) in [5.74, 6) is -1.17. The Morgan fingerprint density at radius 1 is 1.07 bits per heavy atom. The summed E-state index contributed by atoms with van der Waals surface area (Å²) in [5, 5.41) is 11.8. The van der Waals surface area contributed by atoms with Gasteiger partial charge in [-0.3, -0.25) is 9.52 Å². The van der Waals surface area contributed by atoms with E-state index in [9.17, 15) is 18.0 Å². The molecule has 1 heterocycles. The average molecular weight is 414 g/mol. The number of carboxylic acids is 1. The van der Waals surface area contributed by atoms with Crippen LogP contribution in [0.4, 0.5) is 5.69 Å². The molecule has 0 radical (unpaired) electrons. The molecule has 0 saturated heterocycles. The Morgan fingerprint density at radius 2 is 1.83 bits per heavy atom. The molecule has 29 heavy (non-hydrogen) atoms. The number of para-hydroxylation sites is 1. The maximum atomic E-state index is 12.9. The van der Waals surface area contributed by atoms with E-state index in [1.807, 2.05) is 0 Å². The van der Waals surface area contributed by atoms with Gasteiger partial charge in [0.1, 0.15) is 5.76 Å². The number of rotatable bonds is 7. The number of hydrogen-bond donors (Lipinski definition) is 3. The highest BCUT2D eigenvalue weighted by molar-refractivity contribution is 7.92. The fourth-order valence-electron chi connectivity index (χ4n) is 2.67. The van der Waals surface area contributed by atoms with E-state index < -0.39 is 21.9 Å². The van der Waals surface area contributed by atoms with Gasteiger partial charge in [-0.25, -0.2) is 13.2 Å². The van der Waals surface area contributed by atoms with Gasteiger partial charge in [0.2, 0.25) is 0 Å². The van der Waals surface area contributed by atoms with Gasteiger partial charge in [0.25, 0.3) is 15.9 Å². The molecule has 3 N–H and O–H groups in total. The largest absolute Gasteiger partial charge is 0.478 e. The lowest BCUT2D eigenvalue weighted by Gasteiger charge is -2.14. The zero-order chi connectivity index (χ0) is 21.0. The van der Waals surface area contributed by atoms with Crippen LogP contribution >= 0.6 is 0 Å². The summed E-state index contributed by atoms with van der Waals surface area (Å²) in [6, 6.07) is 13.3. The highest BCUT2D eigenvalue weighted by atomic mass is 32.2. The second kappa shape index (κ2) is 8.19. The number of carboxylic acid groups (broad SMARTS) is 1. The van der Waals surface area contributed by atoms with Crippen molar-refractivity contribution in [3.8, 4) is 0 Å². The SMILES string of the molecule is Cc1ccc(C(=O)O)cc1S(=O)(=O)Nc1ccccc1C(=O)NCc1ccco1. The lowest BCUT2D eigenvalue weighted by Crippen LogP contribution is -2.25. The number of anilines is 1. The van der Waals surface area contributed by atoms with Crippen molar-refractivity contribution in [1.29, 1.82) is 0 Å². The summed E-state index contributed by atoms with van der Waals surface area (Å²) < 4.78 is 33.3. The lowest BCUT2D eigenvalue weighted by atomic mass is 10.1. The lowest BCUT2D eigenvalue weighted by molar-refractivity contribution is 0.0696. The molecule has 0 aliphatic carbocycles. The van der Waals surface area contributed by atoms with Crippen LogP contribution in [0.1, 0.15) is 32.0 Å². The van der Waals surface area contributed by atoms with Gasteiger partial charge in [-0.1, -0.05) is 18.2 Å². The zero-order valence-electron chi connectivity index (χ0n) is 15.4. The normalized spacial score (nSPS) is 11.1. The van der Waals surface area contributed by atoms with Crippen LogP contribution in [0.15, 0.2) is 70.2 Å². The summed E-state index contributed by atoms with van der Waals surface area (Å²) >= 11 is 0. The summed E-state index contributed by atoms with van der Waals surface area (Å²) in [5.41, 5.74) is 0.418. The molecular weight excluding hydrogens is 396 g/mol. The van der Waals surface area contributed by atoms with E-state index in [0.29, 0.717) is 11.3 Å².